The second-order valence-corrected chi connectivity index (χ2v) is 9.38. The minimum atomic E-state index is 0.506. The van der Waals surface area contributed by atoms with E-state index >= 15 is 0 Å². The smallest absolute Gasteiger partial charge is 0.227 e. The molecule has 0 saturated carbocycles. The third-order valence-corrected chi connectivity index (χ3v) is 6.85. The predicted molar refractivity (Wildman–Crippen MR) is 148 cm³/mol. The van der Waals surface area contributed by atoms with E-state index in [9.17, 15) is 0 Å². The number of piperazine rings is 1. The van der Waals surface area contributed by atoms with Crippen molar-refractivity contribution in [2.75, 3.05) is 75.9 Å². The molecule has 0 atom stereocenters. The van der Waals surface area contributed by atoms with Gasteiger partial charge in [0.1, 0.15) is 23.7 Å². The van der Waals surface area contributed by atoms with Crippen LogP contribution in [-0.2, 0) is 4.74 Å². The number of ether oxygens (including phenoxy) is 2. The molecule has 10 heteroatoms. The molecule has 2 fully saturated rings. The molecular formula is C28H32N8O2. The van der Waals surface area contributed by atoms with Gasteiger partial charge in [-0.15, -0.1) is 0 Å². The minimum Gasteiger partial charge on any atom is -0.492 e. The molecule has 1 aromatic carbocycles. The first-order chi connectivity index (χ1) is 18.8. The number of hydrogen-bond acceptors (Lipinski definition) is 10. The maximum atomic E-state index is 5.97. The number of anilines is 3. The van der Waals surface area contributed by atoms with Crippen LogP contribution in [0.25, 0.3) is 22.2 Å². The zero-order valence-corrected chi connectivity index (χ0v) is 21.3. The Bertz CT molecular complexity index is 1340. The van der Waals surface area contributed by atoms with E-state index < -0.39 is 0 Å². The van der Waals surface area contributed by atoms with E-state index in [-0.39, 0.29) is 0 Å². The average Bonchev–Trinajstić information content (AvgIpc) is 2.99. The van der Waals surface area contributed by atoms with Gasteiger partial charge in [-0.25, -0.2) is 15.0 Å². The Morgan fingerprint density at radius 3 is 2.53 bits per heavy atom. The third kappa shape index (κ3) is 5.83. The van der Waals surface area contributed by atoms with E-state index in [0.717, 1.165) is 98.4 Å². The molecule has 196 valence electrons. The molecule has 0 aliphatic carbocycles. The molecular weight excluding hydrogens is 480 g/mol. The zero-order chi connectivity index (χ0) is 25.6. The summed E-state index contributed by atoms with van der Waals surface area (Å²) in [6.45, 7) is 8.96. The second-order valence-electron chi connectivity index (χ2n) is 9.38. The summed E-state index contributed by atoms with van der Waals surface area (Å²) in [4.78, 5) is 23.2. The molecule has 0 unspecified atom stereocenters. The third-order valence-electron chi connectivity index (χ3n) is 6.85. The molecule has 10 nitrogen and oxygen atoms in total. The lowest BCUT2D eigenvalue weighted by Crippen LogP contribution is -2.43. The monoisotopic (exact) mass is 512 g/mol. The van der Waals surface area contributed by atoms with Gasteiger partial charge in [0.05, 0.1) is 30.8 Å². The number of nitrogens with one attached hydrogen (secondary N) is 2. The number of rotatable bonds is 8. The molecule has 2 N–H and O–H groups in total. The van der Waals surface area contributed by atoms with Gasteiger partial charge in [0.25, 0.3) is 0 Å². The van der Waals surface area contributed by atoms with Crippen LogP contribution in [0, 0.1) is 0 Å². The van der Waals surface area contributed by atoms with Gasteiger partial charge in [-0.1, -0.05) is 0 Å². The van der Waals surface area contributed by atoms with Crippen molar-refractivity contribution < 1.29 is 9.47 Å². The largest absolute Gasteiger partial charge is 0.492 e. The number of hydrogen-bond donors (Lipinski definition) is 2. The summed E-state index contributed by atoms with van der Waals surface area (Å²) in [5.74, 6) is 2.33. The van der Waals surface area contributed by atoms with Gasteiger partial charge in [0.15, 0.2) is 0 Å². The van der Waals surface area contributed by atoms with Crippen LogP contribution in [0.1, 0.15) is 0 Å². The molecule has 0 bridgehead atoms. The number of nitrogens with zero attached hydrogens (tertiary/aromatic N) is 6. The van der Waals surface area contributed by atoms with Gasteiger partial charge in [0.2, 0.25) is 5.95 Å². The normalized spacial score (nSPS) is 16.5. The Morgan fingerprint density at radius 1 is 0.895 bits per heavy atom. The van der Waals surface area contributed by atoms with E-state index in [1.807, 2.05) is 54.9 Å². The number of aromatic nitrogens is 4. The van der Waals surface area contributed by atoms with Gasteiger partial charge in [-0.05, 0) is 42.5 Å². The van der Waals surface area contributed by atoms with Gasteiger partial charge in [-0.2, -0.15) is 0 Å². The van der Waals surface area contributed by atoms with Gasteiger partial charge in [0, 0.05) is 69.2 Å². The van der Waals surface area contributed by atoms with Crippen molar-refractivity contribution in [3.05, 3.63) is 61.1 Å². The van der Waals surface area contributed by atoms with E-state index in [0.29, 0.717) is 12.6 Å². The van der Waals surface area contributed by atoms with Crippen LogP contribution in [0.3, 0.4) is 0 Å². The molecule has 5 heterocycles. The highest BCUT2D eigenvalue weighted by molar-refractivity contribution is 5.91. The fourth-order valence-corrected chi connectivity index (χ4v) is 4.72. The number of morpholine rings is 1. The highest BCUT2D eigenvalue weighted by Gasteiger charge is 2.13. The number of fused-ring (bicyclic) bond motifs is 1. The number of pyridine rings is 2. The molecule has 2 aliphatic heterocycles. The molecule has 6 rings (SSSR count). The molecule has 0 spiro atoms. The Hall–Kier alpha value is -3.86. The molecule has 38 heavy (non-hydrogen) atoms. The highest BCUT2D eigenvalue weighted by Crippen LogP contribution is 2.28. The summed E-state index contributed by atoms with van der Waals surface area (Å²) < 4.78 is 11.4. The summed E-state index contributed by atoms with van der Waals surface area (Å²) in [7, 11) is 0. The fourth-order valence-electron chi connectivity index (χ4n) is 4.72. The van der Waals surface area contributed by atoms with Crippen molar-refractivity contribution in [1.29, 1.82) is 0 Å². The van der Waals surface area contributed by atoms with Gasteiger partial charge < -0.3 is 25.0 Å². The van der Waals surface area contributed by atoms with Crippen molar-refractivity contribution in [2.24, 2.45) is 0 Å². The topological polar surface area (TPSA) is 101 Å². The fraction of sp³-hybridized carbons (Fsp3) is 0.357. The Morgan fingerprint density at radius 2 is 1.74 bits per heavy atom. The van der Waals surface area contributed by atoms with Crippen molar-refractivity contribution >= 4 is 28.4 Å². The Kier molecular flexibility index (Phi) is 7.52. The van der Waals surface area contributed by atoms with Crippen molar-refractivity contribution in [3.63, 3.8) is 0 Å². The zero-order valence-electron chi connectivity index (χ0n) is 21.3. The lowest BCUT2D eigenvalue weighted by Gasteiger charge is -2.28. The van der Waals surface area contributed by atoms with Crippen molar-refractivity contribution in [3.8, 4) is 17.0 Å². The molecule has 0 amide bonds. The van der Waals surface area contributed by atoms with Crippen LogP contribution in [0.15, 0.2) is 61.1 Å². The Balaban J connectivity index is 1.14. The van der Waals surface area contributed by atoms with Crippen LogP contribution in [0.5, 0.6) is 5.75 Å². The average molecular weight is 513 g/mol. The van der Waals surface area contributed by atoms with Crippen molar-refractivity contribution in [1.82, 2.24) is 30.2 Å². The molecule has 2 aliphatic rings. The van der Waals surface area contributed by atoms with Crippen LogP contribution >= 0.6 is 0 Å². The highest BCUT2D eigenvalue weighted by atomic mass is 16.5. The summed E-state index contributed by atoms with van der Waals surface area (Å²) in [5.41, 5.74) is 3.41. The summed E-state index contributed by atoms with van der Waals surface area (Å²) in [5, 5.41) is 7.58. The molecule has 2 saturated heterocycles. The molecule has 0 radical (unpaired) electrons. The van der Waals surface area contributed by atoms with Gasteiger partial charge >= 0.3 is 0 Å². The first-order valence-corrected chi connectivity index (χ1v) is 13.2. The van der Waals surface area contributed by atoms with Crippen LogP contribution in [-0.4, -0.2) is 90.5 Å². The first kappa shape index (κ1) is 24.5. The van der Waals surface area contributed by atoms with E-state index in [1.165, 1.54) is 0 Å². The maximum Gasteiger partial charge on any atom is 0.227 e. The number of benzene rings is 1. The second kappa shape index (κ2) is 11.7. The van der Waals surface area contributed by atoms with Gasteiger partial charge in [-0.3, -0.25) is 9.88 Å². The van der Waals surface area contributed by atoms with Crippen LogP contribution < -0.4 is 20.3 Å². The lowest BCUT2D eigenvalue weighted by atomic mass is 10.1. The summed E-state index contributed by atoms with van der Waals surface area (Å²) in [6, 6.07) is 14.0. The predicted octanol–water partition coefficient (Wildman–Crippen LogP) is 2.95. The van der Waals surface area contributed by atoms with Crippen molar-refractivity contribution in [2.45, 2.75) is 0 Å². The van der Waals surface area contributed by atoms with E-state index in [2.05, 4.69) is 35.4 Å². The summed E-state index contributed by atoms with van der Waals surface area (Å²) >= 11 is 0. The molecule has 3 aromatic heterocycles. The van der Waals surface area contributed by atoms with Crippen LogP contribution in [0.4, 0.5) is 17.5 Å². The quantitative estimate of drug-likeness (QED) is 0.366. The Labute approximate surface area is 222 Å². The lowest BCUT2D eigenvalue weighted by molar-refractivity contribution is 0.0322. The van der Waals surface area contributed by atoms with Crippen LogP contribution in [0.2, 0.25) is 0 Å². The van der Waals surface area contributed by atoms with E-state index in [4.69, 9.17) is 14.5 Å². The summed E-state index contributed by atoms with van der Waals surface area (Å²) in [6.07, 6.45) is 5.44. The first-order valence-electron chi connectivity index (χ1n) is 13.2. The minimum absolute atomic E-state index is 0.506. The van der Waals surface area contributed by atoms with E-state index in [1.54, 1.807) is 6.20 Å². The maximum absolute atomic E-state index is 5.97. The standard InChI is InChI=1S/C28H32N8O2/c1-4-24(38-18-15-35-13-16-37-17-14-35)5-2-21(1)26-27-22(7-8-30-26)19-32-28(34-27)33-23-3-6-25(31-20-23)36-11-9-29-10-12-36/h1-8,19-20,29H,9-18H2,(H,32,33,34). The SMILES string of the molecule is c1cc2cnc(Nc3ccc(N4CCNCC4)nc3)nc2c(-c2ccc(OCCN3CCOCC3)cc2)n1. The molecule has 4 aromatic rings.